The third-order valence-corrected chi connectivity index (χ3v) is 3.89. The van der Waals surface area contributed by atoms with Crippen molar-refractivity contribution in [2.24, 2.45) is 0 Å². The van der Waals surface area contributed by atoms with Crippen molar-refractivity contribution in [1.29, 1.82) is 0 Å². The molecule has 0 radical (unpaired) electrons. The lowest BCUT2D eigenvalue weighted by atomic mass is 10.3. The number of nitro benzene ring substituents is 1. The Balaban J connectivity index is 2.52. The van der Waals surface area contributed by atoms with Crippen LogP contribution < -0.4 is 10.0 Å². The summed E-state index contributed by atoms with van der Waals surface area (Å²) in [5.41, 5.74) is -0.444. The molecule has 9 nitrogen and oxygen atoms in total. The van der Waals surface area contributed by atoms with Crippen LogP contribution in [0.5, 0.6) is 0 Å². The highest BCUT2D eigenvalue weighted by Crippen LogP contribution is 2.32. The van der Waals surface area contributed by atoms with Gasteiger partial charge in [0.15, 0.2) is 4.90 Å². The molecule has 1 aromatic heterocycles. The molecule has 21 heavy (non-hydrogen) atoms. The van der Waals surface area contributed by atoms with Crippen molar-refractivity contribution in [3.8, 4) is 0 Å². The minimum atomic E-state index is -4.18. The Bertz CT molecular complexity index is 763. The number of rotatable bonds is 5. The van der Waals surface area contributed by atoms with Crippen molar-refractivity contribution in [2.45, 2.75) is 4.90 Å². The van der Waals surface area contributed by atoms with E-state index in [0.29, 0.717) is 0 Å². The van der Waals surface area contributed by atoms with Crippen LogP contribution in [0.2, 0.25) is 0 Å². The molecule has 0 fully saturated rings. The largest absolute Gasteiger partial charge is 0.383 e. The average molecular weight is 309 g/mol. The molecule has 0 aliphatic rings. The van der Waals surface area contributed by atoms with Gasteiger partial charge in [0, 0.05) is 19.4 Å². The fourth-order valence-electron chi connectivity index (χ4n) is 1.66. The van der Waals surface area contributed by atoms with E-state index < -0.39 is 25.5 Å². The zero-order valence-corrected chi connectivity index (χ0v) is 11.7. The normalized spacial score (nSPS) is 10.9. The van der Waals surface area contributed by atoms with E-state index in [0.717, 1.165) is 6.07 Å². The van der Waals surface area contributed by atoms with Gasteiger partial charge >= 0.3 is 5.69 Å². The molecule has 10 heteroatoms. The first-order chi connectivity index (χ1) is 9.95. The molecule has 1 aromatic carbocycles. The van der Waals surface area contributed by atoms with E-state index in [1.165, 1.54) is 37.6 Å². The lowest BCUT2D eigenvalue weighted by Gasteiger charge is -2.09. The SMILES string of the molecule is CNc1cccc(S(=O)(=O)Nc2ncccn2)c1[N+](=O)[O-]. The number of nitro groups is 1. The number of sulfonamides is 1. The zero-order chi connectivity index (χ0) is 15.5. The molecule has 0 atom stereocenters. The first-order valence-electron chi connectivity index (χ1n) is 5.70. The monoisotopic (exact) mass is 309 g/mol. The molecule has 1 heterocycles. The molecular formula is C11H11N5O4S. The van der Waals surface area contributed by atoms with Crippen molar-refractivity contribution < 1.29 is 13.3 Å². The number of aromatic nitrogens is 2. The van der Waals surface area contributed by atoms with Gasteiger partial charge in [-0.1, -0.05) is 6.07 Å². The maximum Gasteiger partial charge on any atom is 0.312 e. The Labute approximate surface area is 120 Å². The second-order valence-corrected chi connectivity index (χ2v) is 5.49. The summed E-state index contributed by atoms with van der Waals surface area (Å²) in [5, 5.41) is 13.7. The molecular weight excluding hydrogens is 298 g/mol. The smallest absolute Gasteiger partial charge is 0.312 e. The maximum atomic E-state index is 12.3. The van der Waals surface area contributed by atoms with E-state index in [9.17, 15) is 18.5 Å². The van der Waals surface area contributed by atoms with Crippen LogP contribution in [-0.4, -0.2) is 30.4 Å². The van der Waals surface area contributed by atoms with E-state index in [-0.39, 0.29) is 11.6 Å². The van der Waals surface area contributed by atoms with Gasteiger partial charge in [0.25, 0.3) is 10.0 Å². The van der Waals surface area contributed by atoms with Crippen LogP contribution in [-0.2, 0) is 10.0 Å². The van der Waals surface area contributed by atoms with Crippen LogP contribution >= 0.6 is 0 Å². The first-order valence-corrected chi connectivity index (χ1v) is 7.19. The summed E-state index contributed by atoms with van der Waals surface area (Å²) in [5.74, 6) is -0.165. The fraction of sp³-hybridized carbons (Fsp3) is 0.0909. The molecule has 0 spiro atoms. The maximum absolute atomic E-state index is 12.3. The van der Waals surface area contributed by atoms with Gasteiger partial charge in [0.05, 0.1) is 4.92 Å². The second kappa shape index (κ2) is 5.71. The number of hydrogen-bond donors (Lipinski definition) is 2. The van der Waals surface area contributed by atoms with Crippen molar-refractivity contribution in [1.82, 2.24) is 9.97 Å². The molecule has 0 aliphatic heterocycles. The van der Waals surface area contributed by atoms with Crippen molar-refractivity contribution in [2.75, 3.05) is 17.1 Å². The fourth-order valence-corrected chi connectivity index (χ4v) is 2.81. The summed E-state index contributed by atoms with van der Waals surface area (Å²) in [4.78, 5) is 17.4. The Morgan fingerprint density at radius 3 is 2.43 bits per heavy atom. The number of hydrogen-bond acceptors (Lipinski definition) is 7. The summed E-state index contributed by atoms with van der Waals surface area (Å²) >= 11 is 0. The van der Waals surface area contributed by atoms with Gasteiger partial charge in [0.1, 0.15) is 5.69 Å². The third kappa shape index (κ3) is 3.05. The molecule has 0 bridgehead atoms. The van der Waals surface area contributed by atoms with Gasteiger partial charge in [-0.2, -0.15) is 0 Å². The molecule has 2 rings (SSSR count). The predicted octanol–water partition coefficient (Wildman–Crippen LogP) is 1.23. The van der Waals surface area contributed by atoms with Gasteiger partial charge < -0.3 is 5.32 Å². The van der Waals surface area contributed by atoms with Gasteiger partial charge in [0.2, 0.25) is 5.95 Å². The van der Waals surface area contributed by atoms with E-state index >= 15 is 0 Å². The average Bonchev–Trinajstić information content (AvgIpc) is 2.46. The van der Waals surface area contributed by atoms with Gasteiger partial charge in [-0.25, -0.2) is 23.1 Å². The van der Waals surface area contributed by atoms with Gasteiger partial charge in [-0.3, -0.25) is 10.1 Å². The Hall–Kier alpha value is -2.75. The standard InChI is InChI=1S/C11H11N5O4S/c1-12-8-4-2-5-9(10(8)16(17)18)21(19,20)15-11-13-6-3-7-14-11/h2-7,12H,1H3,(H,13,14,15). The summed E-state index contributed by atoms with van der Waals surface area (Å²) in [6.07, 6.45) is 2.70. The van der Waals surface area contributed by atoms with Crippen LogP contribution in [0.25, 0.3) is 0 Å². The first kappa shape index (κ1) is 14.7. The lowest BCUT2D eigenvalue weighted by molar-refractivity contribution is -0.386. The zero-order valence-electron chi connectivity index (χ0n) is 10.8. The summed E-state index contributed by atoms with van der Waals surface area (Å²) in [6.45, 7) is 0. The highest BCUT2D eigenvalue weighted by atomic mass is 32.2. The van der Waals surface area contributed by atoms with Crippen LogP contribution in [0.4, 0.5) is 17.3 Å². The van der Waals surface area contributed by atoms with Crippen molar-refractivity contribution >= 4 is 27.3 Å². The number of benzene rings is 1. The van der Waals surface area contributed by atoms with Gasteiger partial charge in [-0.15, -0.1) is 0 Å². The third-order valence-electron chi connectivity index (χ3n) is 2.53. The molecule has 0 unspecified atom stereocenters. The quantitative estimate of drug-likeness (QED) is 0.628. The molecule has 0 aliphatic carbocycles. The molecule has 0 saturated carbocycles. The van der Waals surface area contributed by atoms with E-state index in [4.69, 9.17) is 0 Å². The second-order valence-electron chi connectivity index (χ2n) is 3.84. The molecule has 0 amide bonds. The highest BCUT2D eigenvalue weighted by molar-refractivity contribution is 7.92. The Morgan fingerprint density at radius 2 is 1.86 bits per heavy atom. The highest BCUT2D eigenvalue weighted by Gasteiger charge is 2.29. The lowest BCUT2D eigenvalue weighted by Crippen LogP contribution is -2.17. The number of para-hydroxylation sites is 1. The van der Waals surface area contributed by atoms with Gasteiger partial charge in [-0.05, 0) is 18.2 Å². The molecule has 2 aromatic rings. The number of anilines is 2. The minimum absolute atomic E-state index is 0.0943. The molecule has 110 valence electrons. The van der Waals surface area contributed by atoms with Crippen molar-refractivity contribution in [3.05, 3.63) is 46.8 Å². The van der Waals surface area contributed by atoms with Crippen molar-refractivity contribution in [3.63, 3.8) is 0 Å². The predicted molar refractivity (Wildman–Crippen MR) is 75.5 cm³/mol. The van der Waals surface area contributed by atoms with E-state index in [2.05, 4.69) is 20.0 Å². The Morgan fingerprint density at radius 1 is 1.19 bits per heavy atom. The van der Waals surface area contributed by atoms with E-state index in [1.807, 2.05) is 0 Å². The number of nitrogens with one attached hydrogen (secondary N) is 2. The van der Waals surface area contributed by atoms with E-state index in [1.54, 1.807) is 0 Å². The van der Waals surface area contributed by atoms with Crippen LogP contribution in [0.1, 0.15) is 0 Å². The van der Waals surface area contributed by atoms with Crippen LogP contribution in [0.15, 0.2) is 41.6 Å². The van der Waals surface area contributed by atoms with Crippen LogP contribution in [0, 0.1) is 10.1 Å². The molecule has 2 N–H and O–H groups in total. The minimum Gasteiger partial charge on any atom is -0.383 e. The van der Waals surface area contributed by atoms with Crippen LogP contribution in [0.3, 0.4) is 0 Å². The summed E-state index contributed by atoms with van der Waals surface area (Å²) in [6, 6.07) is 5.47. The summed E-state index contributed by atoms with van der Waals surface area (Å²) in [7, 11) is -2.71. The number of nitrogens with zero attached hydrogens (tertiary/aromatic N) is 3. The Kier molecular flexibility index (Phi) is 3.98. The topological polar surface area (TPSA) is 127 Å². The summed E-state index contributed by atoms with van der Waals surface area (Å²) < 4.78 is 26.6. The molecule has 0 saturated heterocycles.